The van der Waals surface area contributed by atoms with Crippen molar-refractivity contribution in [2.75, 3.05) is 5.75 Å². The number of carbonyl (C=O) groups excluding carboxylic acids is 1. The number of halogens is 1. The molecule has 1 N–H and O–H groups in total. The van der Waals surface area contributed by atoms with Crippen LogP contribution in [-0.4, -0.2) is 31.3 Å². The third kappa shape index (κ3) is 3.29. The number of nitrogens with one attached hydrogen (secondary N) is 1. The number of para-hydroxylation sites is 1. The highest BCUT2D eigenvalue weighted by Crippen LogP contribution is 2.42. The molecule has 2 heterocycles. The fraction of sp³-hybridized carbons (Fsp3) is 0.190. The number of Topliss-reactive ketones (excluding diaryl/α,β-unsaturated/α-hetero) is 1. The van der Waals surface area contributed by atoms with Crippen molar-refractivity contribution in [3.8, 4) is 11.4 Å². The van der Waals surface area contributed by atoms with Gasteiger partial charge in [-0.15, -0.1) is 10.2 Å². The number of aromatic nitrogens is 4. The van der Waals surface area contributed by atoms with Crippen LogP contribution in [0.1, 0.15) is 29.2 Å². The monoisotopic (exact) mass is 452 g/mol. The molecule has 0 spiro atoms. The topological polar surface area (TPSA) is 63.6 Å². The summed E-state index contributed by atoms with van der Waals surface area (Å²) in [4.78, 5) is 15.9. The van der Waals surface area contributed by atoms with E-state index in [0.717, 1.165) is 44.8 Å². The zero-order valence-corrected chi connectivity index (χ0v) is 17.3. The summed E-state index contributed by atoms with van der Waals surface area (Å²) >= 11 is 4.88. The molecule has 0 amide bonds. The molecule has 28 heavy (non-hydrogen) atoms. The summed E-state index contributed by atoms with van der Waals surface area (Å²) in [5.41, 5.74) is 2.85. The van der Waals surface area contributed by atoms with Crippen LogP contribution in [0.5, 0.6) is 0 Å². The number of H-pyrrole nitrogens is 1. The first-order valence-electron chi connectivity index (χ1n) is 9.13. The van der Waals surface area contributed by atoms with Gasteiger partial charge in [0, 0.05) is 38.7 Å². The highest BCUT2D eigenvalue weighted by atomic mass is 79.9. The maximum absolute atomic E-state index is 12.6. The molecule has 1 aliphatic carbocycles. The van der Waals surface area contributed by atoms with Crippen LogP contribution in [0.2, 0.25) is 0 Å². The molecule has 140 valence electrons. The van der Waals surface area contributed by atoms with Crippen LogP contribution in [0.4, 0.5) is 0 Å². The molecular weight excluding hydrogens is 436 g/mol. The molecule has 0 atom stereocenters. The number of aromatic amines is 1. The first kappa shape index (κ1) is 17.7. The highest BCUT2D eigenvalue weighted by molar-refractivity contribution is 9.10. The second-order valence-corrected chi connectivity index (χ2v) is 8.74. The lowest BCUT2D eigenvalue weighted by atomic mass is 10.1. The van der Waals surface area contributed by atoms with Crippen molar-refractivity contribution in [1.29, 1.82) is 0 Å². The lowest BCUT2D eigenvalue weighted by Crippen LogP contribution is -2.05. The molecule has 1 aliphatic rings. The van der Waals surface area contributed by atoms with Crippen molar-refractivity contribution < 1.29 is 4.79 Å². The van der Waals surface area contributed by atoms with Gasteiger partial charge in [-0.2, -0.15) is 0 Å². The Morgan fingerprint density at radius 1 is 1.18 bits per heavy atom. The molecule has 1 saturated carbocycles. The second kappa shape index (κ2) is 7.22. The lowest BCUT2D eigenvalue weighted by Gasteiger charge is -2.08. The molecule has 0 unspecified atom stereocenters. The van der Waals surface area contributed by atoms with E-state index in [4.69, 9.17) is 0 Å². The molecule has 0 bridgehead atoms. The van der Waals surface area contributed by atoms with E-state index < -0.39 is 0 Å². The van der Waals surface area contributed by atoms with Crippen molar-refractivity contribution in [2.24, 2.45) is 0 Å². The number of thioether (sulfide) groups is 1. The summed E-state index contributed by atoms with van der Waals surface area (Å²) in [6.07, 6.45) is 4.25. The molecule has 2 aromatic carbocycles. The minimum atomic E-state index is 0.0882. The minimum absolute atomic E-state index is 0.0882. The van der Waals surface area contributed by atoms with Crippen molar-refractivity contribution in [3.05, 3.63) is 64.8 Å². The third-order valence-corrected chi connectivity index (χ3v) is 6.32. The fourth-order valence-corrected chi connectivity index (χ4v) is 4.65. The van der Waals surface area contributed by atoms with Gasteiger partial charge in [-0.25, -0.2) is 0 Å². The summed E-state index contributed by atoms with van der Waals surface area (Å²) in [5, 5.41) is 10.9. The maximum Gasteiger partial charge on any atom is 0.192 e. The summed E-state index contributed by atoms with van der Waals surface area (Å²) in [7, 11) is 0. The van der Waals surface area contributed by atoms with Gasteiger partial charge >= 0.3 is 0 Å². The Bertz CT molecular complexity index is 1180. The van der Waals surface area contributed by atoms with Gasteiger partial charge < -0.3 is 4.98 Å². The lowest BCUT2D eigenvalue weighted by molar-refractivity contribution is 0.102. The first-order valence-corrected chi connectivity index (χ1v) is 10.9. The predicted molar refractivity (Wildman–Crippen MR) is 115 cm³/mol. The van der Waals surface area contributed by atoms with Gasteiger partial charge in [0.2, 0.25) is 0 Å². The summed E-state index contributed by atoms with van der Waals surface area (Å²) in [6.45, 7) is 0. The van der Waals surface area contributed by atoms with Gasteiger partial charge in [0.1, 0.15) is 0 Å². The Balaban J connectivity index is 1.44. The van der Waals surface area contributed by atoms with Crippen molar-refractivity contribution in [3.63, 3.8) is 0 Å². The van der Waals surface area contributed by atoms with E-state index in [0.29, 0.717) is 17.4 Å². The van der Waals surface area contributed by atoms with E-state index in [1.54, 1.807) is 0 Å². The van der Waals surface area contributed by atoms with E-state index in [2.05, 4.69) is 47.8 Å². The average Bonchev–Trinajstić information content (AvgIpc) is 3.32. The maximum atomic E-state index is 12.6. The van der Waals surface area contributed by atoms with Gasteiger partial charge in [0.15, 0.2) is 16.8 Å². The Morgan fingerprint density at radius 2 is 2.04 bits per heavy atom. The van der Waals surface area contributed by atoms with E-state index >= 15 is 0 Å². The number of benzene rings is 2. The number of rotatable bonds is 6. The van der Waals surface area contributed by atoms with Crippen molar-refractivity contribution >= 4 is 44.4 Å². The van der Waals surface area contributed by atoms with Gasteiger partial charge in [0.05, 0.1) is 5.75 Å². The van der Waals surface area contributed by atoms with E-state index in [-0.39, 0.29) is 5.78 Å². The average molecular weight is 453 g/mol. The molecule has 0 aliphatic heterocycles. The number of hydrogen-bond acceptors (Lipinski definition) is 4. The van der Waals surface area contributed by atoms with E-state index in [1.807, 2.05) is 42.6 Å². The molecule has 2 aromatic heterocycles. The molecular formula is C21H17BrN4OS. The molecule has 5 nitrogen and oxygen atoms in total. The van der Waals surface area contributed by atoms with Gasteiger partial charge in [-0.1, -0.05) is 58.0 Å². The van der Waals surface area contributed by atoms with Crippen LogP contribution in [-0.2, 0) is 0 Å². The predicted octanol–water partition coefficient (Wildman–Crippen LogP) is 5.50. The first-order chi connectivity index (χ1) is 13.7. The molecule has 0 radical (unpaired) electrons. The van der Waals surface area contributed by atoms with E-state index in [9.17, 15) is 4.79 Å². The Hall–Kier alpha value is -2.38. The largest absolute Gasteiger partial charge is 0.360 e. The van der Waals surface area contributed by atoms with Crippen LogP contribution < -0.4 is 0 Å². The quantitative estimate of drug-likeness (QED) is 0.309. The van der Waals surface area contributed by atoms with Crippen LogP contribution in [0.25, 0.3) is 22.3 Å². The zero-order valence-electron chi connectivity index (χ0n) is 14.9. The summed E-state index contributed by atoms with van der Waals surface area (Å²) in [5.74, 6) is 1.30. The van der Waals surface area contributed by atoms with Crippen LogP contribution in [0, 0.1) is 0 Å². The number of nitrogens with zero attached hydrogens (tertiary/aromatic N) is 3. The molecule has 4 aromatic rings. The number of hydrogen-bond donors (Lipinski definition) is 1. The molecule has 5 rings (SSSR count). The Kier molecular flexibility index (Phi) is 4.56. The SMILES string of the molecule is O=C(CSc1nnc(-c2c[nH]c3ccccc23)n1C1CC1)c1cccc(Br)c1. The van der Waals surface area contributed by atoms with Gasteiger partial charge in [-0.3, -0.25) is 9.36 Å². The van der Waals surface area contributed by atoms with E-state index in [1.165, 1.54) is 11.8 Å². The van der Waals surface area contributed by atoms with Crippen molar-refractivity contribution in [1.82, 2.24) is 19.7 Å². The molecule has 1 fully saturated rings. The van der Waals surface area contributed by atoms with Gasteiger partial charge in [0.25, 0.3) is 0 Å². The highest BCUT2D eigenvalue weighted by Gasteiger charge is 2.31. The second-order valence-electron chi connectivity index (χ2n) is 6.88. The third-order valence-electron chi connectivity index (χ3n) is 4.89. The number of ketones is 1. The number of carbonyl (C=O) groups is 1. The minimum Gasteiger partial charge on any atom is -0.360 e. The molecule has 7 heteroatoms. The van der Waals surface area contributed by atoms with Crippen LogP contribution in [0.15, 0.2) is 64.4 Å². The normalized spacial score (nSPS) is 13.9. The van der Waals surface area contributed by atoms with Crippen LogP contribution >= 0.6 is 27.7 Å². The zero-order chi connectivity index (χ0) is 19.1. The summed E-state index contributed by atoms with van der Waals surface area (Å²) in [6, 6.07) is 16.1. The van der Waals surface area contributed by atoms with Crippen LogP contribution in [0.3, 0.4) is 0 Å². The fourth-order valence-electron chi connectivity index (χ4n) is 3.35. The smallest absolute Gasteiger partial charge is 0.192 e. The Labute approximate surface area is 174 Å². The van der Waals surface area contributed by atoms with Crippen molar-refractivity contribution in [2.45, 2.75) is 24.0 Å². The standard InChI is InChI=1S/C21H17BrN4OS/c22-14-5-3-4-13(10-14)19(27)12-28-21-25-24-20(26(21)15-8-9-15)17-11-23-18-7-2-1-6-16(17)18/h1-7,10-11,15,23H,8-9,12H2. The Morgan fingerprint density at radius 3 is 2.86 bits per heavy atom. The number of fused-ring (bicyclic) bond motifs is 1. The summed E-state index contributed by atoms with van der Waals surface area (Å²) < 4.78 is 3.11. The van der Waals surface area contributed by atoms with Gasteiger partial charge in [-0.05, 0) is 31.0 Å². The molecule has 0 saturated heterocycles.